The summed E-state index contributed by atoms with van der Waals surface area (Å²) in [6.07, 6.45) is 1.72. The molecule has 0 atom stereocenters. The number of nitrogens with one attached hydrogen (secondary N) is 1. The topological polar surface area (TPSA) is 85.1 Å². The normalized spacial score (nSPS) is 11.3. The number of sulfonamides is 1. The van der Waals surface area contributed by atoms with Crippen molar-refractivity contribution in [3.05, 3.63) is 53.3 Å². The Balaban J connectivity index is 2.29. The fourth-order valence-corrected chi connectivity index (χ4v) is 2.49. The number of nitrogens with zero attached hydrogens (tertiary/aromatic N) is 1. The molecule has 0 bridgehead atoms. The van der Waals surface area contributed by atoms with Gasteiger partial charge in [-0.3, -0.25) is 4.98 Å². The van der Waals surface area contributed by atoms with E-state index in [1.807, 2.05) is 32.0 Å². The van der Waals surface area contributed by atoms with Gasteiger partial charge >= 0.3 is 0 Å². The lowest BCUT2D eigenvalue weighted by Crippen LogP contribution is -2.13. The van der Waals surface area contributed by atoms with E-state index in [4.69, 9.17) is 5.14 Å². The Hall–Kier alpha value is -1.92. The molecular formula is C14H17N3O2S. The molecule has 106 valence electrons. The first-order chi connectivity index (χ1) is 9.38. The molecule has 2 rings (SSSR count). The molecular weight excluding hydrogens is 274 g/mol. The van der Waals surface area contributed by atoms with E-state index in [2.05, 4.69) is 10.3 Å². The lowest BCUT2D eigenvalue weighted by Gasteiger charge is -2.13. The monoisotopic (exact) mass is 291 g/mol. The zero-order valence-corrected chi connectivity index (χ0v) is 12.2. The van der Waals surface area contributed by atoms with Crippen molar-refractivity contribution in [3.63, 3.8) is 0 Å². The third-order valence-corrected chi connectivity index (χ3v) is 4.05. The van der Waals surface area contributed by atoms with E-state index in [1.165, 1.54) is 0 Å². The summed E-state index contributed by atoms with van der Waals surface area (Å²) < 4.78 is 22.9. The van der Waals surface area contributed by atoms with Crippen molar-refractivity contribution in [1.82, 2.24) is 4.98 Å². The molecule has 0 spiro atoms. The van der Waals surface area contributed by atoms with Gasteiger partial charge in [0, 0.05) is 11.9 Å². The van der Waals surface area contributed by atoms with Crippen molar-refractivity contribution in [2.24, 2.45) is 5.14 Å². The third-order valence-electron chi connectivity index (χ3n) is 3.16. The number of aromatic nitrogens is 1. The Bertz CT molecular complexity index is 713. The van der Waals surface area contributed by atoms with Gasteiger partial charge in [0.25, 0.3) is 0 Å². The van der Waals surface area contributed by atoms with Crippen molar-refractivity contribution in [3.8, 4) is 0 Å². The summed E-state index contributed by atoms with van der Waals surface area (Å²) in [6.45, 7) is 4.31. The van der Waals surface area contributed by atoms with Gasteiger partial charge in [-0.15, -0.1) is 0 Å². The van der Waals surface area contributed by atoms with Gasteiger partial charge in [-0.05, 0) is 49.2 Å². The fourth-order valence-electron chi connectivity index (χ4n) is 1.86. The van der Waals surface area contributed by atoms with Crippen molar-refractivity contribution in [2.45, 2.75) is 25.3 Å². The van der Waals surface area contributed by atoms with Gasteiger partial charge in [0.15, 0.2) is 0 Å². The number of aryl methyl sites for hydroxylation is 1. The van der Waals surface area contributed by atoms with Crippen molar-refractivity contribution in [2.75, 3.05) is 5.32 Å². The predicted octanol–water partition coefficient (Wildman–Crippen LogP) is 1.96. The Morgan fingerprint density at radius 1 is 1.25 bits per heavy atom. The van der Waals surface area contributed by atoms with Gasteiger partial charge in [0.2, 0.25) is 10.0 Å². The molecule has 0 fully saturated rings. The van der Waals surface area contributed by atoms with Crippen LogP contribution in [0.25, 0.3) is 0 Å². The summed E-state index contributed by atoms with van der Waals surface area (Å²) in [5.74, 6) is 0. The SMILES string of the molecule is Cc1cc(S(N)(=O)=O)cc(NCc2ccccn2)c1C. The number of hydrogen-bond acceptors (Lipinski definition) is 4. The molecule has 0 unspecified atom stereocenters. The number of anilines is 1. The maximum atomic E-state index is 11.5. The summed E-state index contributed by atoms with van der Waals surface area (Å²) in [5, 5.41) is 8.38. The highest BCUT2D eigenvalue weighted by Gasteiger charge is 2.12. The number of pyridine rings is 1. The molecule has 1 aromatic heterocycles. The largest absolute Gasteiger partial charge is 0.379 e. The second-order valence-corrected chi connectivity index (χ2v) is 6.19. The van der Waals surface area contributed by atoms with E-state index in [-0.39, 0.29) is 4.90 Å². The molecule has 20 heavy (non-hydrogen) atoms. The molecule has 0 saturated carbocycles. The first-order valence-corrected chi connectivity index (χ1v) is 7.70. The molecule has 2 aromatic rings. The van der Waals surface area contributed by atoms with Crippen LogP contribution >= 0.6 is 0 Å². The maximum absolute atomic E-state index is 11.5. The van der Waals surface area contributed by atoms with E-state index >= 15 is 0 Å². The fraction of sp³-hybridized carbons (Fsp3) is 0.214. The van der Waals surface area contributed by atoms with Gasteiger partial charge in [0.05, 0.1) is 17.1 Å². The summed E-state index contributed by atoms with van der Waals surface area (Å²) in [7, 11) is -3.70. The molecule has 0 aliphatic heterocycles. The minimum atomic E-state index is -3.70. The lowest BCUT2D eigenvalue weighted by atomic mass is 10.1. The molecule has 0 amide bonds. The van der Waals surface area contributed by atoms with Gasteiger partial charge in [-0.1, -0.05) is 6.07 Å². The zero-order chi connectivity index (χ0) is 14.8. The Morgan fingerprint density at radius 2 is 2.00 bits per heavy atom. The lowest BCUT2D eigenvalue weighted by molar-refractivity contribution is 0.597. The molecule has 0 saturated heterocycles. The van der Waals surface area contributed by atoms with Crippen LogP contribution in [0.5, 0.6) is 0 Å². The minimum Gasteiger partial charge on any atom is -0.379 e. The Labute approximate surface area is 118 Å². The highest BCUT2D eigenvalue weighted by atomic mass is 32.2. The molecule has 6 heteroatoms. The number of benzene rings is 1. The Kier molecular flexibility index (Phi) is 4.06. The second kappa shape index (κ2) is 5.60. The van der Waals surface area contributed by atoms with E-state index < -0.39 is 10.0 Å². The molecule has 1 heterocycles. The molecule has 0 aliphatic rings. The second-order valence-electron chi connectivity index (χ2n) is 4.63. The van der Waals surface area contributed by atoms with Crippen LogP contribution in [0, 0.1) is 13.8 Å². The number of hydrogen-bond donors (Lipinski definition) is 2. The van der Waals surface area contributed by atoms with Crippen LogP contribution in [0.4, 0.5) is 5.69 Å². The van der Waals surface area contributed by atoms with Crippen LogP contribution in [0.3, 0.4) is 0 Å². The summed E-state index contributed by atoms with van der Waals surface area (Å²) in [4.78, 5) is 4.33. The van der Waals surface area contributed by atoms with Crippen molar-refractivity contribution < 1.29 is 8.42 Å². The molecule has 0 radical (unpaired) electrons. The molecule has 5 nitrogen and oxygen atoms in total. The van der Waals surface area contributed by atoms with E-state index in [0.717, 1.165) is 22.5 Å². The van der Waals surface area contributed by atoms with Crippen LogP contribution in [-0.4, -0.2) is 13.4 Å². The van der Waals surface area contributed by atoms with Crippen LogP contribution in [0.2, 0.25) is 0 Å². The predicted molar refractivity (Wildman–Crippen MR) is 78.9 cm³/mol. The van der Waals surface area contributed by atoms with Crippen molar-refractivity contribution >= 4 is 15.7 Å². The van der Waals surface area contributed by atoms with Crippen LogP contribution < -0.4 is 10.5 Å². The molecule has 1 aromatic carbocycles. The van der Waals surface area contributed by atoms with E-state index in [9.17, 15) is 8.42 Å². The van der Waals surface area contributed by atoms with Gasteiger partial charge in [-0.25, -0.2) is 13.6 Å². The van der Waals surface area contributed by atoms with Crippen LogP contribution in [0.15, 0.2) is 41.4 Å². The minimum absolute atomic E-state index is 0.115. The Morgan fingerprint density at radius 3 is 2.60 bits per heavy atom. The molecule has 3 N–H and O–H groups in total. The third kappa shape index (κ3) is 3.34. The first kappa shape index (κ1) is 14.5. The van der Waals surface area contributed by atoms with Gasteiger partial charge in [0.1, 0.15) is 0 Å². The average molecular weight is 291 g/mol. The van der Waals surface area contributed by atoms with E-state index in [1.54, 1.807) is 18.3 Å². The number of primary sulfonamides is 1. The summed E-state index contributed by atoms with van der Waals surface area (Å²) >= 11 is 0. The number of nitrogens with two attached hydrogens (primary N) is 1. The van der Waals surface area contributed by atoms with Gasteiger partial charge < -0.3 is 5.32 Å². The first-order valence-electron chi connectivity index (χ1n) is 6.16. The van der Waals surface area contributed by atoms with Gasteiger partial charge in [-0.2, -0.15) is 0 Å². The highest BCUT2D eigenvalue weighted by molar-refractivity contribution is 7.89. The maximum Gasteiger partial charge on any atom is 0.238 e. The average Bonchev–Trinajstić information content (AvgIpc) is 2.40. The summed E-state index contributed by atoms with van der Waals surface area (Å²) in [6, 6.07) is 8.79. The number of rotatable bonds is 4. The van der Waals surface area contributed by atoms with Crippen LogP contribution in [0.1, 0.15) is 16.8 Å². The molecule has 0 aliphatic carbocycles. The quantitative estimate of drug-likeness (QED) is 0.901. The standard InChI is InChI=1S/C14H17N3O2S/c1-10-7-13(20(15,18)19)8-14(11(10)2)17-9-12-5-3-4-6-16-12/h3-8,17H,9H2,1-2H3,(H2,15,18,19). The van der Waals surface area contributed by atoms with Crippen molar-refractivity contribution in [1.29, 1.82) is 0 Å². The summed E-state index contributed by atoms with van der Waals surface area (Å²) in [5.41, 5.74) is 3.50. The highest BCUT2D eigenvalue weighted by Crippen LogP contribution is 2.23. The zero-order valence-electron chi connectivity index (χ0n) is 11.4. The smallest absolute Gasteiger partial charge is 0.238 e. The van der Waals surface area contributed by atoms with E-state index in [0.29, 0.717) is 6.54 Å². The van der Waals surface area contributed by atoms with Crippen LogP contribution in [-0.2, 0) is 16.6 Å².